The molecule has 0 aromatic carbocycles. The van der Waals surface area contributed by atoms with Crippen molar-refractivity contribution in [2.45, 2.75) is 16.9 Å². The van der Waals surface area contributed by atoms with E-state index in [1.807, 2.05) is 0 Å². The average molecular weight is 467 g/mol. The molecule has 9 heteroatoms. The van der Waals surface area contributed by atoms with Crippen LogP contribution in [0.2, 0.25) is 3.05 Å². The summed E-state index contributed by atoms with van der Waals surface area (Å²) in [4.78, 5) is 21.8. The van der Waals surface area contributed by atoms with Gasteiger partial charge in [0.1, 0.15) is 0 Å². The Morgan fingerprint density at radius 2 is 1.56 bits per heavy atom. The summed E-state index contributed by atoms with van der Waals surface area (Å²) in [5.74, 6) is -0.738. The van der Waals surface area contributed by atoms with Gasteiger partial charge in [0.2, 0.25) is 0 Å². The van der Waals surface area contributed by atoms with Crippen LogP contribution in [0.5, 0.6) is 0 Å². The molecule has 0 fully saturated rings. The minimum atomic E-state index is -2.94. The summed E-state index contributed by atoms with van der Waals surface area (Å²) in [6.45, 7) is 2.76. The van der Waals surface area contributed by atoms with Gasteiger partial charge in [-0.15, -0.1) is 0 Å². The second-order valence-corrected chi connectivity index (χ2v) is 16.2. The van der Waals surface area contributed by atoms with E-state index in [-0.39, 0.29) is 15.6 Å². The topological polar surface area (TPSA) is 80.3 Å². The molecule has 0 heterocycles. The van der Waals surface area contributed by atoms with E-state index in [0.29, 0.717) is 0 Å². The number of ether oxygens (including phenoxy) is 1. The quantitative estimate of drug-likeness (QED) is 0.376. The molecular formula is C9H18HgO7Si. The van der Waals surface area contributed by atoms with Gasteiger partial charge in [0.05, 0.1) is 0 Å². The van der Waals surface area contributed by atoms with Crippen LogP contribution in [-0.4, -0.2) is 48.7 Å². The molecule has 0 bridgehead atoms. The predicted octanol–water partition coefficient (Wildman–Crippen LogP) is 0.316. The van der Waals surface area contributed by atoms with Crippen molar-refractivity contribution in [3.63, 3.8) is 0 Å². The van der Waals surface area contributed by atoms with E-state index >= 15 is 0 Å². The Labute approximate surface area is 121 Å². The first-order valence-corrected chi connectivity index (χ1v) is 12.6. The molecule has 1 atom stereocenters. The van der Waals surface area contributed by atoms with Crippen molar-refractivity contribution in [1.82, 2.24) is 0 Å². The summed E-state index contributed by atoms with van der Waals surface area (Å²) in [7, 11) is 1.49. The maximum absolute atomic E-state index is 10.9. The van der Waals surface area contributed by atoms with Crippen molar-refractivity contribution in [1.29, 1.82) is 0 Å². The van der Waals surface area contributed by atoms with E-state index in [9.17, 15) is 9.59 Å². The van der Waals surface area contributed by atoms with Crippen LogP contribution in [0, 0.1) is 0 Å². The molecule has 0 saturated carbocycles. The van der Waals surface area contributed by atoms with Gasteiger partial charge in [-0.05, 0) is 0 Å². The van der Waals surface area contributed by atoms with Crippen molar-refractivity contribution < 1.29 is 55.3 Å². The van der Waals surface area contributed by atoms with Crippen LogP contribution >= 0.6 is 0 Å². The third kappa shape index (κ3) is 5.74. The zero-order valence-electron chi connectivity index (χ0n) is 11.3. The molecule has 0 aliphatic rings. The molecule has 0 aromatic rings. The molecule has 102 valence electrons. The molecular weight excluding hydrogens is 449 g/mol. The summed E-state index contributed by atoms with van der Waals surface area (Å²) < 4.78 is 25.8. The Balaban J connectivity index is 4.78. The summed E-state index contributed by atoms with van der Waals surface area (Å²) in [5.41, 5.74) is 0. The maximum atomic E-state index is 10.9. The van der Waals surface area contributed by atoms with Gasteiger partial charge in [-0.1, -0.05) is 0 Å². The molecule has 0 spiro atoms. The van der Waals surface area contributed by atoms with Crippen LogP contribution in [0.3, 0.4) is 0 Å². The fourth-order valence-electron chi connectivity index (χ4n) is 1.44. The van der Waals surface area contributed by atoms with Crippen LogP contribution < -0.4 is 0 Å². The molecule has 0 saturated heterocycles. The van der Waals surface area contributed by atoms with Crippen LogP contribution in [0.15, 0.2) is 0 Å². The minimum absolute atomic E-state index is 0.103. The van der Waals surface area contributed by atoms with Gasteiger partial charge < -0.3 is 0 Å². The van der Waals surface area contributed by atoms with Crippen molar-refractivity contribution in [3.8, 4) is 0 Å². The second-order valence-electron chi connectivity index (χ2n) is 3.52. The summed E-state index contributed by atoms with van der Waals surface area (Å²) in [6, 6.07) is 0. The van der Waals surface area contributed by atoms with Crippen molar-refractivity contribution >= 4 is 20.7 Å². The molecule has 18 heavy (non-hydrogen) atoms. The van der Waals surface area contributed by atoms with Crippen LogP contribution in [0.1, 0.15) is 13.8 Å². The van der Waals surface area contributed by atoms with Crippen molar-refractivity contribution in [2.75, 3.05) is 27.9 Å². The normalized spacial score (nSPS) is 12.5. The Morgan fingerprint density at radius 3 is 1.89 bits per heavy atom. The van der Waals surface area contributed by atoms with Gasteiger partial charge in [0.15, 0.2) is 0 Å². The Hall–Kier alpha value is -0.0281. The molecule has 1 unspecified atom stereocenters. The number of hydrogen-bond acceptors (Lipinski definition) is 7. The molecule has 0 N–H and O–H groups in total. The van der Waals surface area contributed by atoms with Gasteiger partial charge in [-0.25, -0.2) is 0 Å². The SMILES string of the molecule is CO[Si](OC)(OC)[CH](COC(C)=O)[Hg][O]C(C)=O. The van der Waals surface area contributed by atoms with E-state index in [2.05, 4.69) is 0 Å². The molecule has 0 aliphatic carbocycles. The van der Waals surface area contributed by atoms with Crippen molar-refractivity contribution in [2.24, 2.45) is 0 Å². The van der Waals surface area contributed by atoms with Crippen LogP contribution in [-0.2, 0) is 55.3 Å². The standard InChI is InChI=1S/C7H15O5Si.C2H4O2.Hg/c1-7(8)12-5-6-13(9-2,10-3)11-4;1-2(3)4;/h6H,5H2,1-4H3;1H3,(H,3,4);/q;;+1/p-1. The number of rotatable bonds is 8. The Bertz CT molecular complexity index is 256. The molecule has 0 amide bonds. The third-order valence-electron chi connectivity index (χ3n) is 2.33. The monoisotopic (exact) mass is 468 g/mol. The second kappa shape index (κ2) is 8.97. The fourth-order valence-corrected chi connectivity index (χ4v) is 14.9. The number of hydrogen-bond donors (Lipinski definition) is 0. The van der Waals surface area contributed by atoms with Crippen LogP contribution in [0.4, 0.5) is 0 Å². The fraction of sp³-hybridized carbons (Fsp3) is 0.778. The first-order chi connectivity index (χ1) is 8.41. The number of carbonyl (C=O) groups is 2. The van der Waals surface area contributed by atoms with Crippen LogP contribution in [0.25, 0.3) is 0 Å². The van der Waals surface area contributed by atoms with E-state index in [0.717, 1.165) is 0 Å². The molecule has 0 rings (SSSR count). The van der Waals surface area contributed by atoms with Crippen molar-refractivity contribution in [3.05, 3.63) is 0 Å². The van der Waals surface area contributed by atoms with E-state index < -0.39 is 39.8 Å². The number of esters is 1. The Morgan fingerprint density at radius 1 is 1.06 bits per heavy atom. The molecule has 0 aliphatic heterocycles. The van der Waals surface area contributed by atoms with Gasteiger partial charge in [0, 0.05) is 0 Å². The summed E-state index contributed by atoms with van der Waals surface area (Å²) >= 11 is -2.15. The van der Waals surface area contributed by atoms with Gasteiger partial charge in [-0.2, -0.15) is 0 Å². The van der Waals surface area contributed by atoms with E-state index in [4.69, 9.17) is 20.7 Å². The summed E-state index contributed by atoms with van der Waals surface area (Å²) in [6.07, 6.45) is 0. The van der Waals surface area contributed by atoms with Gasteiger partial charge >= 0.3 is 121 Å². The molecule has 0 radical (unpaired) electrons. The average Bonchev–Trinajstić information content (AvgIpc) is 2.33. The summed E-state index contributed by atoms with van der Waals surface area (Å²) in [5, 5.41) is 0. The molecule has 7 nitrogen and oxygen atoms in total. The van der Waals surface area contributed by atoms with E-state index in [1.165, 1.54) is 35.2 Å². The third-order valence-corrected chi connectivity index (χ3v) is 17.2. The van der Waals surface area contributed by atoms with Gasteiger partial charge in [0.25, 0.3) is 0 Å². The Kier molecular flexibility index (Phi) is 8.95. The van der Waals surface area contributed by atoms with Gasteiger partial charge in [-0.3, -0.25) is 0 Å². The zero-order valence-corrected chi connectivity index (χ0v) is 17.8. The molecule has 0 aromatic heterocycles. The van der Waals surface area contributed by atoms with E-state index in [1.54, 1.807) is 0 Å². The zero-order chi connectivity index (χ0) is 14.2. The first-order valence-electron chi connectivity index (χ1n) is 5.34. The predicted molar refractivity (Wildman–Crippen MR) is 58.9 cm³/mol. The number of carbonyl (C=O) groups excluding carboxylic acids is 2. The first kappa shape index (κ1) is 18.0.